The lowest BCUT2D eigenvalue weighted by atomic mass is 9.99. The van der Waals surface area contributed by atoms with E-state index >= 15 is 0 Å². The molecule has 0 bridgehead atoms. The van der Waals surface area contributed by atoms with E-state index in [2.05, 4.69) is 4.99 Å². The van der Waals surface area contributed by atoms with Crippen LogP contribution in [0, 0.1) is 6.92 Å². The van der Waals surface area contributed by atoms with Gasteiger partial charge in [-0.05, 0) is 47.9 Å². The number of alkyl halides is 3. The molecule has 0 saturated carbocycles. The summed E-state index contributed by atoms with van der Waals surface area (Å²) in [5, 5.41) is 17.7. The minimum absolute atomic E-state index is 0.0463. The first-order chi connectivity index (χ1) is 19.8. The molecule has 8 nitrogen and oxygen atoms in total. The zero-order valence-electron chi connectivity index (χ0n) is 22.2. The number of anilines is 2. The van der Waals surface area contributed by atoms with Gasteiger partial charge in [-0.1, -0.05) is 60.7 Å². The van der Waals surface area contributed by atoms with Crippen LogP contribution in [-0.4, -0.2) is 34.1 Å². The van der Waals surface area contributed by atoms with Crippen molar-refractivity contribution in [3.05, 3.63) is 124 Å². The molecule has 1 aliphatic heterocycles. The molecule has 4 aromatic rings. The van der Waals surface area contributed by atoms with Gasteiger partial charge in [0.05, 0.1) is 39.5 Å². The summed E-state index contributed by atoms with van der Waals surface area (Å²) in [5.41, 5.74) is 15.1. The van der Waals surface area contributed by atoms with Gasteiger partial charge in [-0.2, -0.15) is 13.2 Å². The molecule has 0 saturated heterocycles. The van der Waals surface area contributed by atoms with Gasteiger partial charge in [0.25, 0.3) is 0 Å². The fraction of sp³-hybridized carbons (Fsp3) is 0.0968. The largest absolute Gasteiger partial charge is 0.478 e. The van der Waals surface area contributed by atoms with Crippen molar-refractivity contribution in [2.45, 2.75) is 19.5 Å². The predicted octanol–water partition coefficient (Wildman–Crippen LogP) is 6.44. The van der Waals surface area contributed by atoms with E-state index in [0.717, 1.165) is 34.5 Å². The number of nitrogens with zero attached hydrogens (tertiary/aromatic N) is 1. The summed E-state index contributed by atoms with van der Waals surface area (Å²) in [6.07, 6.45) is -3.55. The number of fused-ring (bicyclic) bond motifs is 1. The van der Waals surface area contributed by atoms with Gasteiger partial charge in [-0.15, -0.1) is 0 Å². The lowest BCUT2D eigenvalue weighted by Crippen LogP contribution is -2.08. The average Bonchev–Trinajstić information content (AvgIpc) is 3.39. The quantitative estimate of drug-likeness (QED) is 0.161. The number of aryl methyl sites for hydroxylation is 1. The second-order valence-electron chi connectivity index (χ2n) is 8.99. The summed E-state index contributed by atoms with van der Waals surface area (Å²) < 4.78 is 36.2. The Hall–Kier alpha value is -5.45. The highest BCUT2D eigenvalue weighted by molar-refractivity contribution is 6.10. The Morgan fingerprint density at radius 1 is 0.833 bits per heavy atom. The Morgan fingerprint density at radius 2 is 1.43 bits per heavy atom. The fourth-order valence-corrected chi connectivity index (χ4v) is 4.07. The van der Waals surface area contributed by atoms with Gasteiger partial charge >= 0.3 is 18.1 Å². The summed E-state index contributed by atoms with van der Waals surface area (Å²) in [4.78, 5) is 36.4. The number of carbonyl (C=O) groups excluding carboxylic acids is 1. The van der Waals surface area contributed by atoms with E-state index in [1.165, 1.54) is 18.2 Å². The van der Waals surface area contributed by atoms with Crippen LogP contribution in [0.3, 0.4) is 0 Å². The Kier molecular flexibility index (Phi) is 9.82. The summed E-state index contributed by atoms with van der Waals surface area (Å²) in [6.45, 7) is 2.04. The monoisotopic (exact) mass is 577 g/mol. The fourth-order valence-electron chi connectivity index (χ4n) is 4.07. The van der Waals surface area contributed by atoms with Gasteiger partial charge in [0.15, 0.2) is 6.29 Å². The van der Waals surface area contributed by atoms with E-state index in [-0.39, 0.29) is 28.7 Å². The van der Waals surface area contributed by atoms with Crippen LogP contribution in [0.2, 0.25) is 0 Å². The number of hydrogen-bond donors (Lipinski definition) is 4. The lowest BCUT2D eigenvalue weighted by molar-refractivity contribution is -0.137. The lowest BCUT2D eigenvalue weighted by Gasteiger charge is -2.07. The van der Waals surface area contributed by atoms with Crippen LogP contribution in [0.25, 0.3) is 0 Å². The van der Waals surface area contributed by atoms with Gasteiger partial charge in [-0.25, -0.2) is 9.59 Å². The first kappa shape index (κ1) is 31.1. The second-order valence-corrected chi connectivity index (χ2v) is 8.99. The molecule has 0 aromatic heterocycles. The SMILES string of the molecule is Cc1ccccc1C1=Nc2c(cccc2C(=O)O)C1.Nc1cccc(C(=O)O)c1N.O=Cc1ccccc1C(F)(F)F. The van der Waals surface area contributed by atoms with Crippen LogP contribution in [0.4, 0.5) is 30.2 Å². The Balaban J connectivity index is 0.000000183. The molecule has 1 aliphatic rings. The summed E-state index contributed by atoms with van der Waals surface area (Å²) in [7, 11) is 0. The second kappa shape index (κ2) is 13.3. The van der Waals surface area contributed by atoms with Crippen LogP contribution >= 0.6 is 0 Å². The molecule has 0 radical (unpaired) electrons. The number of aromatic carboxylic acids is 2. The first-order valence-electron chi connectivity index (χ1n) is 12.3. The maximum Gasteiger partial charge on any atom is 0.417 e. The van der Waals surface area contributed by atoms with Gasteiger partial charge in [0, 0.05) is 12.0 Å². The minimum Gasteiger partial charge on any atom is -0.478 e. The van der Waals surface area contributed by atoms with Crippen molar-refractivity contribution >= 4 is 41.0 Å². The maximum absolute atomic E-state index is 12.1. The Labute approximate surface area is 238 Å². The molecular weight excluding hydrogens is 551 g/mol. The standard InChI is InChI=1S/C16H13NO2.C8H5F3O.C7H8N2O2/c1-10-5-2-3-7-12(10)14-9-11-6-4-8-13(16(18)19)15(11)17-14;9-8(10,11)7-4-2-1-3-6(7)5-12;8-5-3-1-2-4(6(5)9)7(10)11/h2-8H,9H2,1H3,(H,18,19);1-5H;1-3H,8-9H2,(H,10,11). The van der Waals surface area contributed by atoms with E-state index < -0.39 is 23.7 Å². The molecule has 0 fully saturated rings. The molecule has 0 unspecified atom stereocenters. The molecule has 216 valence electrons. The molecule has 6 N–H and O–H groups in total. The van der Waals surface area contributed by atoms with Gasteiger partial charge in [-0.3, -0.25) is 9.79 Å². The molecule has 5 rings (SSSR count). The van der Waals surface area contributed by atoms with E-state index in [4.69, 9.17) is 16.6 Å². The number of carbonyl (C=O) groups is 3. The first-order valence-corrected chi connectivity index (χ1v) is 12.3. The molecule has 0 spiro atoms. The number of carboxylic acids is 2. The van der Waals surface area contributed by atoms with Gasteiger partial charge < -0.3 is 21.7 Å². The van der Waals surface area contributed by atoms with E-state index in [9.17, 15) is 32.7 Å². The zero-order chi connectivity index (χ0) is 31.0. The highest BCUT2D eigenvalue weighted by Gasteiger charge is 2.32. The number of nitrogen functional groups attached to an aromatic ring is 2. The number of rotatable bonds is 4. The molecule has 11 heteroatoms. The van der Waals surface area contributed by atoms with Crippen molar-refractivity contribution < 1.29 is 37.8 Å². The van der Waals surface area contributed by atoms with Crippen LogP contribution in [0.5, 0.6) is 0 Å². The number of aldehydes is 1. The number of halogens is 3. The smallest absolute Gasteiger partial charge is 0.417 e. The molecule has 1 heterocycles. The van der Waals surface area contributed by atoms with Crippen molar-refractivity contribution in [3.8, 4) is 0 Å². The van der Waals surface area contributed by atoms with Crippen molar-refractivity contribution in [1.29, 1.82) is 0 Å². The van der Waals surface area contributed by atoms with E-state index in [0.29, 0.717) is 17.8 Å². The molecule has 0 amide bonds. The Morgan fingerprint density at radius 3 is 2.00 bits per heavy atom. The van der Waals surface area contributed by atoms with Gasteiger partial charge in [0.2, 0.25) is 0 Å². The topological polar surface area (TPSA) is 156 Å². The third-order valence-electron chi connectivity index (χ3n) is 6.17. The molecule has 4 aromatic carbocycles. The van der Waals surface area contributed by atoms with Crippen molar-refractivity contribution in [1.82, 2.24) is 0 Å². The number of benzene rings is 4. The molecular formula is C31H26F3N3O5. The zero-order valence-corrected chi connectivity index (χ0v) is 22.2. The van der Waals surface area contributed by atoms with Crippen molar-refractivity contribution in [3.63, 3.8) is 0 Å². The van der Waals surface area contributed by atoms with Crippen LogP contribution in [0.1, 0.15) is 53.3 Å². The molecule has 0 atom stereocenters. The van der Waals surface area contributed by atoms with Crippen molar-refractivity contribution in [2.24, 2.45) is 4.99 Å². The predicted molar refractivity (Wildman–Crippen MR) is 154 cm³/mol. The number of carboxylic acid groups (broad SMARTS) is 2. The summed E-state index contributed by atoms with van der Waals surface area (Å²) in [5.74, 6) is -1.98. The minimum atomic E-state index is -4.45. The molecule has 0 aliphatic carbocycles. The third-order valence-corrected chi connectivity index (χ3v) is 6.17. The number of para-hydroxylation sites is 2. The number of aliphatic imine (C=N–C) groups is 1. The number of hydrogen-bond acceptors (Lipinski definition) is 6. The Bertz CT molecular complexity index is 1670. The van der Waals surface area contributed by atoms with Crippen LogP contribution < -0.4 is 11.5 Å². The summed E-state index contributed by atoms with van der Waals surface area (Å²) in [6, 6.07) is 22.5. The normalized spacial score (nSPS) is 11.6. The van der Waals surface area contributed by atoms with Gasteiger partial charge in [0.1, 0.15) is 0 Å². The average molecular weight is 578 g/mol. The third kappa shape index (κ3) is 7.39. The highest BCUT2D eigenvalue weighted by atomic mass is 19.4. The molecule has 42 heavy (non-hydrogen) atoms. The van der Waals surface area contributed by atoms with E-state index in [1.54, 1.807) is 24.3 Å². The highest BCUT2D eigenvalue weighted by Crippen LogP contribution is 2.33. The summed E-state index contributed by atoms with van der Waals surface area (Å²) >= 11 is 0. The van der Waals surface area contributed by atoms with Crippen LogP contribution in [0.15, 0.2) is 89.9 Å². The maximum atomic E-state index is 12.1. The van der Waals surface area contributed by atoms with E-state index in [1.807, 2.05) is 37.3 Å². The van der Waals surface area contributed by atoms with Crippen LogP contribution in [-0.2, 0) is 12.6 Å². The number of nitrogens with two attached hydrogens (primary N) is 2. The van der Waals surface area contributed by atoms with Crippen molar-refractivity contribution in [2.75, 3.05) is 11.5 Å².